The van der Waals surface area contributed by atoms with Crippen molar-refractivity contribution in [1.82, 2.24) is 19.7 Å². The number of anilines is 1. The zero-order valence-corrected chi connectivity index (χ0v) is 18.8. The third-order valence-corrected chi connectivity index (χ3v) is 4.96. The van der Waals surface area contributed by atoms with Gasteiger partial charge in [-0.1, -0.05) is 50.7 Å². The van der Waals surface area contributed by atoms with Gasteiger partial charge in [0.2, 0.25) is 0 Å². The van der Waals surface area contributed by atoms with Gasteiger partial charge in [-0.05, 0) is 18.2 Å². The standard InChI is InChI=1S/C18H15BBrCl2N5O2/c1-26(2)18(29)10-6-9(20)7-11(19)15(10)24-17(28)13-8-14(22)25-27(13)16-12(21)4-3-5-23-16/h3-8H,19H2,1-2H3,(H,24,28). The fourth-order valence-corrected chi connectivity index (χ4v) is 3.66. The van der Waals surface area contributed by atoms with E-state index >= 15 is 0 Å². The van der Waals surface area contributed by atoms with Crippen molar-refractivity contribution in [1.29, 1.82) is 0 Å². The highest BCUT2D eigenvalue weighted by molar-refractivity contribution is 9.10. The number of carbonyl (C=O) groups is 2. The highest BCUT2D eigenvalue weighted by Gasteiger charge is 2.22. The quantitative estimate of drug-likeness (QED) is 0.565. The first-order valence-electron chi connectivity index (χ1n) is 8.38. The summed E-state index contributed by atoms with van der Waals surface area (Å²) in [5.74, 6) is -0.489. The Labute approximate surface area is 186 Å². The number of nitrogens with zero attached hydrogens (tertiary/aromatic N) is 4. The second kappa shape index (κ2) is 8.56. The number of hydrogen-bond donors (Lipinski definition) is 1. The number of benzene rings is 1. The van der Waals surface area contributed by atoms with Crippen molar-refractivity contribution >= 4 is 69.9 Å². The molecule has 0 atom stereocenters. The second-order valence-corrected chi connectivity index (χ2v) is 8.08. The molecule has 2 heterocycles. The molecule has 7 nitrogen and oxygen atoms in total. The van der Waals surface area contributed by atoms with Crippen LogP contribution in [0, 0.1) is 0 Å². The van der Waals surface area contributed by atoms with Crippen molar-refractivity contribution in [2.24, 2.45) is 0 Å². The van der Waals surface area contributed by atoms with Crippen LogP contribution in [0.25, 0.3) is 5.82 Å². The van der Waals surface area contributed by atoms with E-state index in [1.165, 1.54) is 21.8 Å². The lowest BCUT2D eigenvalue weighted by molar-refractivity contribution is 0.0828. The van der Waals surface area contributed by atoms with Crippen LogP contribution in [0.15, 0.2) is 41.0 Å². The Morgan fingerprint density at radius 3 is 2.62 bits per heavy atom. The van der Waals surface area contributed by atoms with Gasteiger partial charge in [-0.25, -0.2) is 9.67 Å². The van der Waals surface area contributed by atoms with Gasteiger partial charge in [0, 0.05) is 36.5 Å². The molecule has 0 radical (unpaired) electrons. The molecule has 1 N–H and O–H groups in total. The minimum absolute atomic E-state index is 0.106. The van der Waals surface area contributed by atoms with Crippen LogP contribution in [0.2, 0.25) is 10.2 Å². The van der Waals surface area contributed by atoms with Crippen LogP contribution in [0.1, 0.15) is 20.8 Å². The Morgan fingerprint density at radius 1 is 1.24 bits per heavy atom. The Balaban J connectivity index is 2.05. The summed E-state index contributed by atoms with van der Waals surface area (Å²) in [4.78, 5) is 31.3. The van der Waals surface area contributed by atoms with Gasteiger partial charge in [0.15, 0.2) is 11.0 Å². The van der Waals surface area contributed by atoms with Crippen LogP contribution >= 0.6 is 39.1 Å². The molecule has 2 amide bonds. The van der Waals surface area contributed by atoms with E-state index in [2.05, 4.69) is 31.3 Å². The molecule has 11 heteroatoms. The summed E-state index contributed by atoms with van der Waals surface area (Å²) >= 11 is 15.6. The average molecular weight is 495 g/mol. The van der Waals surface area contributed by atoms with E-state index in [0.29, 0.717) is 21.7 Å². The van der Waals surface area contributed by atoms with Gasteiger partial charge in [0.25, 0.3) is 11.8 Å². The fraction of sp³-hybridized carbons (Fsp3) is 0.111. The lowest BCUT2D eigenvalue weighted by atomic mass is 9.91. The van der Waals surface area contributed by atoms with Crippen LogP contribution in [0.5, 0.6) is 0 Å². The van der Waals surface area contributed by atoms with Crippen molar-refractivity contribution < 1.29 is 9.59 Å². The molecule has 0 fully saturated rings. The molecular formula is C18H15BBrCl2N5O2. The number of hydrogen-bond acceptors (Lipinski definition) is 4. The molecule has 0 saturated carbocycles. The summed E-state index contributed by atoms with van der Waals surface area (Å²) in [6, 6.07) is 8.17. The molecule has 29 heavy (non-hydrogen) atoms. The summed E-state index contributed by atoms with van der Waals surface area (Å²) in [7, 11) is 5.08. The topological polar surface area (TPSA) is 80.1 Å². The smallest absolute Gasteiger partial charge is 0.274 e. The van der Waals surface area contributed by atoms with Crippen molar-refractivity contribution in [3.05, 3.63) is 62.4 Å². The predicted molar refractivity (Wildman–Crippen MR) is 120 cm³/mol. The highest BCUT2D eigenvalue weighted by Crippen LogP contribution is 2.24. The van der Waals surface area contributed by atoms with Crippen molar-refractivity contribution in [2.75, 3.05) is 19.4 Å². The van der Waals surface area contributed by atoms with Gasteiger partial charge in [-0.3, -0.25) is 9.59 Å². The first kappa shape index (κ1) is 21.4. The predicted octanol–water partition coefficient (Wildman–Crippen LogP) is 2.55. The van der Waals surface area contributed by atoms with E-state index in [0.717, 1.165) is 4.47 Å². The van der Waals surface area contributed by atoms with Crippen molar-refractivity contribution in [3.8, 4) is 5.82 Å². The van der Waals surface area contributed by atoms with Gasteiger partial charge in [-0.15, -0.1) is 0 Å². The number of pyridine rings is 1. The molecule has 3 rings (SSSR count). The van der Waals surface area contributed by atoms with Crippen LogP contribution in [-0.4, -0.2) is 53.4 Å². The maximum atomic E-state index is 13.1. The van der Waals surface area contributed by atoms with E-state index in [-0.39, 0.29) is 22.6 Å². The number of carbonyl (C=O) groups excluding carboxylic acids is 2. The molecule has 1 aromatic carbocycles. The monoisotopic (exact) mass is 493 g/mol. The maximum absolute atomic E-state index is 13.1. The number of rotatable bonds is 4. The van der Waals surface area contributed by atoms with Crippen molar-refractivity contribution in [3.63, 3.8) is 0 Å². The molecule has 2 aromatic heterocycles. The van der Waals surface area contributed by atoms with Crippen LogP contribution in [-0.2, 0) is 0 Å². The zero-order chi connectivity index (χ0) is 21.3. The summed E-state index contributed by atoms with van der Waals surface area (Å²) < 4.78 is 1.99. The zero-order valence-electron chi connectivity index (χ0n) is 15.7. The van der Waals surface area contributed by atoms with Crippen LogP contribution in [0.3, 0.4) is 0 Å². The molecule has 0 aliphatic carbocycles. The normalized spacial score (nSPS) is 10.7. The molecule has 0 unspecified atom stereocenters. The van der Waals surface area contributed by atoms with Crippen LogP contribution in [0.4, 0.5) is 5.69 Å². The largest absolute Gasteiger partial charge is 0.345 e. The van der Waals surface area contributed by atoms with Gasteiger partial charge < -0.3 is 10.2 Å². The van der Waals surface area contributed by atoms with Gasteiger partial charge in [0.1, 0.15) is 13.5 Å². The SMILES string of the molecule is Bc1cc(Br)cc(C(=O)N(C)C)c1NC(=O)c1cc(Cl)nn1-c1ncccc1Cl. The second-order valence-electron chi connectivity index (χ2n) is 6.37. The van der Waals surface area contributed by atoms with E-state index in [4.69, 9.17) is 23.2 Å². The summed E-state index contributed by atoms with van der Waals surface area (Å²) in [5, 5.41) is 7.34. The molecule has 0 bridgehead atoms. The maximum Gasteiger partial charge on any atom is 0.274 e. The highest BCUT2D eigenvalue weighted by atomic mass is 79.9. The van der Waals surface area contributed by atoms with Gasteiger partial charge >= 0.3 is 0 Å². The number of halogens is 3. The third-order valence-electron chi connectivity index (χ3n) is 4.03. The Morgan fingerprint density at radius 2 is 1.97 bits per heavy atom. The molecule has 0 aliphatic rings. The first-order chi connectivity index (χ1) is 13.7. The lowest BCUT2D eigenvalue weighted by Crippen LogP contribution is -2.28. The van der Waals surface area contributed by atoms with E-state index in [9.17, 15) is 9.59 Å². The molecule has 148 valence electrons. The summed E-state index contributed by atoms with van der Waals surface area (Å²) in [6.45, 7) is 0. The fourth-order valence-electron chi connectivity index (χ4n) is 2.70. The Kier molecular flexibility index (Phi) is 6.31. The Bertz CT molecular complexity index is 1120. The minimum atomic E-state index is -0.510. The number of aromatic nitrogens is 3. The minimum Gasteiger partial charge on any atom is -0.345 e. The molecule has 0 aliphatic heterocycles. The molecule has 0 spiro atoms. The van der Waals surface area contributed by atoms with Crippen molar-refractivity contribution in [2.45, 2.75) is 0 Å². The lowest BCUT2D eigenvalue weighted by Gasteiger charge is -2.18. The first-order valence-corrected chi connectivity index (χ1v) is 9.93. The van der Waals surface area contributed by atoms with E-state index < -0.39 is 5.91 Å². The van der Waals surface area contributed by atoms with E-state index in [1.54, 1.807) is 40.1 Å². The Hall–Kier alpha value is -2.36. The van der Waals surface area contributed by atoms with Gasteiger partial charge in [0.05, 0.1) is 10.6 Å². The molecular weight excluding hydrogens is 480 g/mol. The van der Waals surface area contributed by atoms with Gasteiger partial charge in [-0.2, -0.15) is 5.10 Å². The van der Waals surface area contributed by atoms with E-state index in [1.807, 2.05) is 6.07 Å². The third kappa shape index (κ3) is 4.47. The number of nitrogens with one attached hydrogen (secondary N) is 1. The van der Waals surface area contributed by atoms with Crippen LogP contribution < -0.4 is 10.8 Å². The number of amides is 2. The molecule has 3 aromatic rings. The summed E-state index contributed by atoms with van der Waals surface area (Å²) in [6.07, 6.45) is 1.53. The average Bonchev–Trinajstić information content (AvgIpc) is 3.05. The molecule has 0 saturated heterocycles. The summed E-state index contributed by atoms with van der Waals surface area (Å²) in [5.41, 5.74) is 1.59.